The molecule has 0 bridgehead atoms. The van der Waals surface area contributed by atoms with Crippen LogP contribution in [0.5, 0.6) is 5.75 Å². The summed E-state index contributed by atoms with van der Waals surface area (Å²) in [6.07, 6.45) is 0. The van der Waals surface area contributed by atoms with Crippen LogP contribution < -0.4 is 0 Å². The van der Waals surface area contributed by atoms with Crippen LogP contribution >= 0.6 is 11.6 Å². The van der Waals surface area contributed by atoms with Gasteiger partial charge >= 0.3 is 5.97 Å². The molecule has 2 N–H and O–H groups in total. The molecule has 5 heteroatoms. The van der Waals surface area contributed by atoms with Crippen LogP contribution in [0.2, 0.25) is 5.02 Å². The predicted octanol–water partition coefficient (Wildman–Crippen LogP) is 5.83. The molecular weight excluding hydrogens is 362 g/mol. The Balaban J connectivity index is 2.21. The summed E-state index contributed by atoms with van der Waals surface area (Å²) in [5.41, 5.74) is 4.19. The zero-order chi connectivity index (χ0) is 19.1. The molecule has 0 aliphatic heterocycles. The van der Waals surface area contributed by atoms with E-state index in [-0.39, 0.29) is 17.9 Å². The normalized spacial score (nSPS) is 11.2. The SMILES string of the molecule is CCOC(=O)c1c(O)c(C)c(-c2ccccc2)c2[nH]c3ccc(Cl)cc3c12. The highest BCUT2D eigenvalue weighted by Gasteiger charge is 2.26. The lowest BCUT2D eigenvalue weighted by atomic mass is 9.92. The summed E-state index contributed by atoms with van der Waals surface area (Å²) in [4.78, 5) is 16.1. The molecule has 0 unspecified atom stereocenters. The second-order valence-corrected chi connectivity index (χ2v) is 6.81. The number of nitrogens with one attached hydrogen (secondary N) is 1. The lowest BCUT2D eigenvalue weighted by molar-refractivity contribution is 0.0525. The Morgan fingerprint density at radius 1 is 1.19 bits per heavy atom. The maximum absolute atomic E-state index is 12.7. The van der Waals surface area contributed by atoms with Gasteiger partial charge in [0.15, 0.2) is 0 Å². The van der Waals surface area contributed by atoms with Gasteiger partial charge < -0.3 is 14.8 Å². The van der Waals surface area contributed by atoms with Crippen molar-refractivity contribution in [3.63, 3.8) is 0 Å². The topological polar surface area (TPSA) is 62.3 Å². The quantitative estimate of drug-likeness (QED) is 0.440. The Morgan fingerprint density at radius 2 is 1.93 bits per heavy atom. The van der Waals surface area contributed by atoms with Crippen molar-refractivity contribution >= 4 is 39.4 Å². The number of esters is 1. The van der Waals surface area contributed by atoms with Gasteiger partial charge in [0.25, 0.3) is 0 Å². The Kier molecular flexibility index (Phi) is 4.28. The number of rotatable bonds is 3. The van der Waals surface area contributed by atoms with Crippen LogP contribution in [-0.2, 0) is 4.74 Å². The standard InChI is InChI=1S/C22H18ClNO3/c1-3-27-22(26)19-18-15-11-14(23)9-10-16(15)24-20(18)17(12(2)21(19)25)13-7-5-4-6-8-13/h4-11,24-25H,3H2,1-2H3. The first-order chi connectivity index (χ1) is 13.0. The molecule has 1 heterocycles. The highest BCUT2D eigenvalue weighted by atomic mass is 35.5. The number of fused-ring (bicyclic) bond motifs is 3. The molecule has 4 rings (SSSR count). The third-order valence-electron chi connectivity index (χ3n) is 4.77. The summed E-state index contributed by atoms with van der Waals surface area (Å²) < 4.78 is 5.22. The molecule has 0 fully saturated rings. The first-order valence-corrected chi connectivity index (χ1v) is 9.09. The molecule has 4 nitrogen and oxygen atoms in total. The number of phenols is 1. The molecule has 0 saturated heterocycles. The third-order valence-corrected chi connectivity index (χ3v) is 5.00. The molecule has 4 aromatic rings. The molecular formula is C22H18ClNO3. The number of H-pyrrole nitrogens is 1. The smallest absolute Gasteiger partial charge is 0.342 e. The maximum Gasteiger partial charge on any atom is 0.342 e. The van der Waals surface area contributed by atoms with Crippen molar-refractivity contribution < 1.29 is 14.6 Å². The summed E-state index contributed by atoms with van der Waals surface area (Å²) >= 11 is 6.20. The van der Waals surface area contributed by atoms with Gasteiger partial charge in [-0.1, -0.05) is 41.9 Å². The monoisotopic (exact) mass is 379 g/mol. The first kappa shape index (κ1) is 17.4. The van der Waals surface area contributed by atoms with Crippen LogP contribution in [-0.4, -0.2) is 22.7 Å². The molecule has 136 valence electrons. The van der Waals surface area contributed by atoms with Gasteiger partial charge in [0.1, 0.15) is 11.3 Å². The molecule has 3 aromatic carbocycles. The fourth-order valence-electron chi connectivity index (χ4n) is 3.59. The molecule has 1 aromatic heterocycles. The minimum atomic E-state index is -0.552. The number of carbonyl (C=O) groups excluding carboxylic acids is 1. The van der Waals surface area contributed by atoms with Gasteiger partial charge in [-0.25, -0.2) is 4.79 Å². The molecule has 0 atom stereocenters. The summed E-state index contributed by atoms with van der Waals surface area (Å²) in [6, 6.07) is 15.2. The van der Waals surface area contributed by atoms with Crippen molar-refractivity contribution in [2.24, 2.45) is 0 Å². The molecule has 0 aliphatic carbocycles. The average Bonchev–Trinajstić information content (AvgIpc) is 3.01. The van der Waals surface area contributed by atoms with Crippen LogP contribution in [0, 0.1) is 6.92 Å². The van der Waals surface area contributed by atoms with E-state index in [1.54, 1.807) is 26.0 Å². The van der Waals surface area contributed by atoms with E-state index in [0.29, 0.717) is 16.0 Å². The van der Waals surface area contributed by atoms with Crippen molar-refractivity contribution in [3.8, 4) is 16.9 Å². The second-order valence-electron chi connectivity index (χ2n) is 6.38. The Bertz CT molecular complexity index is 1180. The van der Waals surface area contributed by atoms with Gasteiger partial charge in [0, 0.05) is 32.4 Å². The Labute approximate surface area is 161 Å². The summed E-state index contributed by atoms with van der Waals surface area (Å²) in [7, 11) is 0. The lowest BCUT2D eigenvalue weighted by Gasteiger charge is -2.15. The van der Waals surface area contributed by atoms with Crippen LogP contribution in [0.3, 0.4) is 0 Å². The summed E-state index contributed by atoms with van der Waals surface area (Å²) in [5, 5.41) is 12.9. The fourth-order valence-corrected chi connectivity index (χ4v) is 3.76. The van der Waals surface area contributed by atoms with E-state index >= 15 is 0 Å². The van der Waals surface area contributed by atoms with E-state index in [9.17, 15) is 9.90 Å². The highest BCUT2D eigenvalue weighted by molar-refractivity contribution is 6.32. The van der Waals surface area contributed by atoms with Crippen LogP contribution in [0.25, 0.3) is 32.9 Å². The van der Waals surface area contributed by atoms with Crippen molar-refractivity contribution in [2.45, 2.75) is 13.8 Å². The number of phenolic OH excluding ortho intramolecular Hbond substituents is 1. The van der Waals surface area contributed by atoms with Crippen LogP contribution in [0.4, 0.5) is 0 Å². The predicted molar refractivity (Wildman–Crippen MR) is 109 cm³/mol. The van der Waals surface area contributed by atoms with Crippen molar-refractivity contribution in [3.05, 3.63) is 64.7 Å². The van der Waals surface area contributed by atoms with E-state index in [2.05, 4.69) is 4.98 Å². The van der Waals surface area contributed by atoms with Crippen molar-refractivity contribution in [1.82, 2.24) is 4.98 Å². The van der Waals surface area contributed by atoms with Gasteiger partial charge in [-0.2, -0.15) is 0 Å². The van der Waals surface area contributed by atoms with Gasteiger partial charge in [-0.05, 0) is 37.6 Å². The minimum Gasteiger partial charge on any atom is -0.507 e. The molecule has 0 radical (unpaired) electrons. The summed E-state index contributed by atoms with van der Waals surface area (Å²) in [5.74, 6) is -0.621. The molecule has 0 saturated carbocycles. The van der Waals surface area contributed by atoms with Gasteiger partial charge in [-0.3, -0.25) is 0 Å². The van der Waals surface area contributed by atoms with Crippen molar-refractivity contribution in [2.75, 3.05) is 6.61 Å². The maximum atomic E-state index is 12.7. The van der Waals surface area contributed by atoms with E-state index in [0.717, 1.165) is 27.5 Å². The first-order valence-electron chi connectivity index (χ1n) is 8.72. The minimum absolute atomic E-state index is 0.0688. The molecule has 0 aliphatic rings. The van der Waals surface area contributed by atoms with Crippen LogP contribution in [0.15, 0.2) is 48.5 Å². The highest BCUT2D eigenvalue weighted by Crippen LogP contribution is 2.44. The second kappa shape index (κ2) is 6.63. The number of aromatic amines is 1. The number of aromatic hydroxyl groups is 1. The number of hydrogen-bond acceptors (Lipinski definition) is 3. The zero-order valence-corrected chi connectivity index (χ0v) is 15.7. The van der Waals surface area contributed by atoms with E-state index in [1.165, 1.54) is 0 Å². The fraction of sp³-hybridized carbons (Fsp3) is 0.136. The summed E-state index contributed by atoms with van der Waals surface area (Å²) in [6.45, 7) is 3.77. The van der Waals surface area contributed by atoms with Crippen LogP contribution in [0.1, 0.15) is 22.8 Å². The number of ether oxygens (including phenoxy) is 1. The number of hydrogen-bond donors (Lipinski definition) is 2. The molecule has 0 spiro atoms. The van der Waals surface area contributed by atoms with E-state index in [1.807, 2.05) is 36.4 Å². The number of halogens is 1. The third kappa shape index (κ3) is 2.73. The Morgan fingerprint density at radius 3 is 2.63 bits per heavy atom. The number of aromatic nitrogens is 1. The lowest BCUT2D eigenvalue weighted by Crippen LogP contribution is -2.07. The van der Waals surface area contributed by atoms with Gasteiger partial charge in [0.2, 0.25) is 0 Å². The van der Waals surface area contributed by atoms with E-state index < -0.39 is 5.97 Å². The average molecular weight is 380 g/mol. The number of carbonyl (C=O) groups is 1. The largest absolute Gasteiger partial charge is 0.507 e. The van der Waals surface area contributed by atoms with Gasteiger partial charge in [0.05, 0.1) is 12.1 Å². The Hall–Kier alpha value is -2.98. The van der Waals surface area contributed by atoms with E-state index in [4.69, 9.17) is 16.3 Å². The molecule has 0 amide bonds. The number of benzene rings is 3. The van der Waals surface area contributed by atoms with Gasteiger partial charge in [-0.15, -0.1) is 0 Å². The zero-order valence-electron chi connectivity index (χ0n) is 15.0. The van der Waals surface area contributed by atoms with Crippen molar-refractivity contribution in [1.29, 1.82) is 0 Å². The molecule has 27 heavy (non-hydrogen) atoms.